The fourth-order valence-corrected chi connectivity index (χ4v) is 1.50. The molecule has 0 saturated carbocycles. The number of ether oxygens (including phenoxy) is 1. The van der Waals surface area contributed by atoms with Gasteiger partial charge in [-0.05, 0) is 12.8 Å². The highest BCUT2D eigenvalue weighted by Gasteiger charge is 2.46. The number of carbonyl (C=O) groups excluding carboxylic acids is 1. The van der Waals surface area contributed by atoms with Gasteiger partial charge < -0.3 is 36.0 Å². The second kappa shape index (κ2) is 7.62. The van der Waals surface area contributed by atoms with E-state index in [4.69, 9.17) is 20.7 Å². The zero-order chi connectivity index (χ0) is 14.3. The summed E-state index contributed by atoms with van der Waals surface area (Å²) in [5.74, 6) is -1.23. The third-order valence-electron chi connectivity index (χ3n) is 2.73. The maximum absolute atomic E-state index is 11.2. The van der Waals surface area contributed by atoms with Crippen LogP contribution in [0.4, 0.5) is 0 Å². The van der Waals surface area contributed by atoms with E-state index >= 15 is 0 Å². The first kappa shape index (κ1) is 17.2. The van der Waals surface area contributed by atoms with Crippen molar-refractivity contribution in [2.45, 2.75) is 36.8 Å². The molecule has 0 unspecified atom stereocenters. The van der Waals surface area contributed by atoms with Crippen LogP contribution in [0.25, 0.3) is 0 Å². The first-order valence-corrected chi connectivity index (χ1v) is 5.47. The smallest absolute Gasteiger partial charge is 0.252 e. The standard InChI is InChI=1S/C10H21NO7/c1-18-4-2-3-10(17,9(11)16)8(15)7(14)6(13)5-12/h6-8,12-15,17H,2-5H2,1H3,(H2,11,16)/t6-,7-,8+,10-/m1/s1. The van der Waals surface area contributed by atoms with Gasteiger partial charge in [0.05, 0.1) is 6.61 Å². The second-order valence-electron chi connectivity index (χ2n) is 4.07. The van der Waals surface area contributed by atoms with Crippen LogP contribution in [-0.4, -0.2) is 75.7 Å². The van der Waals surface area contributed by atoms with Crippen molar-refractivity contribution in [2.24, 2.45) is 5.73 Å². The summed E-state index contributed by atoms with van der Waals surface area (Å²) in [4.78, 5) is 11.2. The highest BCUT2D eigenvalue weighted by molar-refractivity contribution is 5.84. The Morgan fingerprint density at radius 3 is 2.33 bits per heavy atom. The van der Waals surface area contributed by atoms with Crippen LogP contribution in [0, 0.1) is 0 Å². The molecule has 0 fully saturated rings. The van der Waals surface area contributed by atoms with Gasteiger partial charge in [-0.2, -0.15) is 0 Å². The predicted octanol–water partition coefficient (Wildman–Crippen LogP) is -3.30. The highest BCUT2D eigenvalue weighted by atomic mass is 16.5. The minimum Gasteiger partial charge on any atom is -0.394 e. The van der Waals surface area contributed by atoms with Gasteiger partial charge in [-0.25, -0.2) is 0 Å². The third kappa shape index (κ3) is 4.16. The Hall–Kier alpha value is -0.770. The fourth-order valence-electron chi connectivity index (χ4n) is 1.50. The van der Waals surface area contributed by atoms with Crippen molar-refractivity contribution < 1.29 is 35.1 Å². The number of rotatable bonds is 9. The minimum absolute atomic E-state index is 0.217. The molecule has 0 aliphatic carbocycles. The zero-order valence-electron chi connectivity index (χ0n) is 10.2. The number of aliphatic hydroxyl groups is 5. The molecular formula is C10H21NO7. The largest absolute Gasteiger partial charge is 0.394 e. The summed E-state index contributed by atoms with van der Waals surface area (Å²) in [6.45, 7) is -0.605. The lowest BCUT2D eigenvalue weighted by Gasteiger charge is -2.34. The molecule has 8 heteroatoms. The van der Waals surface area contributed by atoms with E-state index in [1.54, 1.807) is 0 Å². The summed E-state index contributed by atoms with van der Waals surface area (Å²) < 4.78 is 4.73. The third-order valence-corrected chi connectivity index (χ3v) is 2.73. The lowest BCUT2D eigenvalue weighted by molar-refractivity contribution is -0.176. The zero-order valence-corrected chi connectivity index (χ0v) is 10.2. The molecule has 0 heterocycles. The minimum atomic E-state index is -2.39. The van der Waals surface area contributed by atoms with Gasteiger partial charge in [-0.1, -0.05) is 0 Å². The molecule has 0 aliphatic rings. The van der Waals surface area contributed by atoms with Gasteiger partial charge in [-0.3, -0.25) is 4.79 Å². The van der Waals surface area contributed by atoms with Crippen molar-refractivity contribution in [1.82, 2.24) is 0 Å². The van der Waals surface area contributed by atoms with Crippen LogP contribution < -0.4 is 5.73 Å². The van der Waals surface area contributed by atoms with Crippen LogP contribution in [0.2, 0.25) is 0 Å². The lowest BCUT2D eigenvalue weighted by atomic mass is 9.85. The Bertz CT molecular complexity index is 263. The molecule has 0 saturated heterocycles. The van der Waals surface area contributed by atoms with Gasteiger partial charge in [-0.15, -0.1) is 0 Å². The Morgan fingerprint density at radius 2 is 1.94 bits per heavy atom. The summed E-state index contributed by atoms with van der Waals surface area (Å²) in [5.41, 5.74) is 2.59. The topological polar surface area (TPSA) is 153 Å². The number of nitrogens with two attached hydrogens (primary N) is 1. The van der Waals surface area contributed by atoms with Gasteiger partial charge in [0, 0.05) is 13.7 Å². The lowest BCUT2D eigenvalue weighted by Crippen LogP contribution is -2.60. The molecule has 0 spiro atoms. The van der Waals surface area contributed by atoms with E-state index in [0.29, 0.717) is 0 Å². The molecule has 108 valence electrons. The van der Waals surface area contributed by atoms with E-state index in [0.717, 1.165) is 0 Å². The van der Waals surface area contributed by atoms with E-state index in [1.165, 1.54) is 7.11 Å². The number of amides is 1. The second-order valence-corrected chi connectivity index (χ2v) is 4.07. The summed E-state index contributed by atoms with van der Waals surface area (Å²) in [5, 5.41) is 46.9. The number of carbonyl (C=O) groups is 1. The molecule has 1 amide bonds. The monoisotopic (exact) mass is 267 g/mol. The van der Waals surface area contributed by atoms with Crippen LogP contribution in [0.5, 0.6) is 0 Å². The average molecular weight is 267 g/mol. The SMILES string of the molecule is COCCC[C@](O)(C(N)=O)[C@@H](O)[C@H](O)[C@H](O)CO. The van der Waals surface area contributed by atoms with Crippen molar-refractivity contribution in [3.05, 3.63) is 0 Å². The summed E-state index contributed by atoms with van der Waals surface area (Å²) >= 11 is 0. The van der Waals surface area contributed by atoms with Gasteiger partial charge in [0.15, 0.2) is 5.60 Å². The summed E-state index contributed by atoms with van der Waals surface area (Å²) in [7, 11) is 1.42. The molecule has 0 rings (SSSR count). The van der Waals surface area contributed by atoms with Crippen LogP contribution in [0.1, 0.15) is 12.8 Å². The van der Waals surface area contributed by atoms with Crippen molar-refractivity contribution >= 4 is 5.91 Å². The number of hydrogen-bond acceptors (Lipinski definition) is 7. The van der Waals surface area contributed by atoms with E-state index in [1.807, 2.05) is 0 Å². The fraction of sp³-hybridized carbons (Fsp3) is 0.900. The van der Waals surface area contributed by atoms with Crippen molar-refractivity contribution in [1.29, 1.82) is 0 Å². The molecule has 0 radical (unpaired) electrons. The quantitative estimate of drug-likeness (QED) is 0.239. The Balaban J connectivity index is 4.80. The van der Waals surface area contributed by atoms with Gasteiger partial charge >= 0.3 is 0 Å². The molecule has 0 aromatic heterocycles. The average Bonchev–Trinajstić information content (AvgIpc) is 2.35. The number of primary amides is 1. The van der Waals surface area contributed by atoms with E-state index < -0.39 is 36.4 Å². The van der Waals surface area contributed by atoms with E-state index in [9.17, 15) is 20.1 Å². The van der Waals surface area contributed by atoms with Crippen LogP contribution >= 0.6 is 0 Å². The van der Waals surface area contributed by atoms with Crippen molar-refractivity contribution in [3.63, 3.8) is 0 Å². The van der Waals surface area contributed by atoms with Gasteiger partial charge in [0.25, 0.3) is 5.91 Å². The van der Waals surface area contributed by atoms with Gasteiger partial charge in [0.1, 0.15) is 18.3 Å². The Morgan fingerprint density at radius 1 is 1.39 bits per heavy atom. The molecule has 4 atom stereocenters. The van der Waals surface area contributed by atoms with Crippen LogP contribution in [0.3, 0.4) is 0 Å². The Labute approximate surface area is 105 Å². The van der Waals surface area contributed by atoms with Crippen LogP contribution in [0.15, 0.2) is 0 Å². The molecule has 0 aromatic rings. The van der Waals surface area contributed by atoms with E-state index in [-0.39, 0.29) is 19.4 Å². The number of hydrogen-bond donors (Lipinski definition) is 6. The molecule has 0 aromatic carbocycles. The number of aliphatic hydroxyl groups excluding tert-OH is 4. The number of methoxy groups -OCH3 is 1. The maximum Gasteiger partial charge on any atom is 0.252 e. The predicted molar refractivity (Wildman–Crippen MR) is 60.4 cm³/mol. The first-order chi connectivity index (χ1) is 8.31. The van der Waals surface area contributed by atoms with Gasteiger partial charge in [0.2, 0.25) is 0 Å². The van der Waals surface area contributed by atoms with E-state index in [2.05, 4.69) is 0 Å². The maximum atomic E-state index is 11.2. The highest BCUT2D eigenvalue weighted by Crippen LogP contribution is 2.21. The normalized spacial score (nSPS) is 19.9. The molecular weight excluding hydrogens is 246 g/mol. The Kier molecular flexibility index (Phi) is 7.29. The summed E-state index contributed by atoms with van der Waals surface area (Å²) in [6.07, 6.45) is -5.61. The molecule has 0 aliphatic heterocycles. The van der Waals surface area contributed by atoms with Crippen molar-refractivity contribution in [3.8, 4) is 0 Å². The molecule has 18 heavy (non-hydrogen) atoms. The molecule has 0 bridgehead atoms. The summed E-state index contributed by atoms with van der Waals surface area (Å²) in [6, 6.07) is 0. The van der Waals surface area contributed by atoms with Crippen LogP contribution in [-0.2, 0) is 9.53 Å². The molecule has 8 nitrogen and oxygen atoms in total. The molecule has 7 N–H and O–H groups in total. The first-order valence-electron chi connectivity index (χ1n) is 5.47. The van der Waals surface area contributed by atoms with Crippen molar-refractivity contribution in [2.75, 3.05) is 20.3 Å².